The Hall–Kier alpha value is -3.60. The molecule has 0 saturated carbocycles. The van der Waals surface area contributed by atoms with Crippen LogP contribution in [0.1, 0.15) is 37.4 Å². The average Bonchev–Trinajstić information content (AvgIpc) is 3.21. The van der Waals surface area contributed by atoms with Crippen molar-refractivity contribution in [3.05, 3.63) is 94.5 Å². The first-order valence-electron chi connectivity index (χ1n) is 9.98. The minimum absolute atomic E-state index is 0.0225. The van der Waals surface area contributed by atoms with Crippen molar-refractivity contribution in [3.8, 4) is 5.75 Å². The number of nitrogens with zero attached hydrogens (tertiary/aromatic N) is 1. The van der Waals surface area contributed by atoms with E-state index in [1.165, 1.54) is 0 Å². The first kappa shape index (κ1) is 19.7. The van der Waals surface area contributed by atoms with Crippen LogP contribution in [0.15, 0.2) is 66.7 Å². The Morgan fingerprint density at radius 2 is 1.67 bits per heavy atom. The maximum Gasteiger partial charge on any atom is 0.258 e. The van der Waals surface area contributed by atoms with E-state index in [0.717, 1.165) is 34.5 Å². The van der Waals surface area contributed by atoms with Gasteiger partial charge in [-0.25, -0.2) is 0 Å². The van der Waals surface area contributed by atoms with Crippen LogP contribution in [0.5, 0.6) is 5.75 Å². The van der Waals surface area contributed by atoms with Crippen LogP contribution in [-0.2, 0) is 13.0 Å². The Morgan fingerprint density at radius 1 is 0.967 bits per heavy atom. The first-order chi connectivity index (χ1) is 14.5. The second kappa shape index (κ2) is 8.41. The van der Waals surface area contributed by atoms with E-state index < -0.39 is 0 Å². The number of fused-ring (bicyclic) bond motifs is 1. The second-order valence-electron chi connectivity index (χ2n) is 7.45. The molecule has 0 aromatic heterocycles. The molecule has 2 amide bonds. The SMILES string of the molecule is COc1ccc(C(=O)NCc2ccc3c(c2)CCN3C(=O)c2ccc(C)cc2)cc1. The van der Waals surface area contributed by atoms with Crippen LogP contribution in [0, 0.1) is 6.92 Å². The van der Waals surface area contributed by atoms with E-state index in [9.17, 15) is 9.59 Å². The molecule has 0 radical (unpaired) electrons. The number of carbonyl (C=O) groups is 2. The van der Waals surface area contributed by atoms with Crippen molar-refractivity contribution in [2.75, 3.05) is 18.6 Å². The monoisotopic (exact) mass is 400 g/mol. The molecule has 152 valence electrons. The molecule has 0 fully saturated rings. The summed E-state index contributed by atoms with van der Waals surface area (Å²) in [4.78, 5) is 27.1. The number of amides is 2. The number of hydrogen-bond donors (Lipinski definition) is 1. The highest BCUT2D eigenvalue weighted by molar-refractivity contribution is 6.07. The van der Waals surface area contributed by atoms with Crippen molar-refractivity contribution in [1.82, 2.24) is 5.32 Å². The minimum atomic E-state index is -0.130. The number of anilines is 1. The van der Waals surface area contributed by atoms with Crippen molar-refractivity contribution < 1.29 is 14.3 Å². The van der Waals surface area contributed by atoms with Gasteiger partial charge in [-0.15, -0.1) is 0 Å². The number of ether oxygens (including phenoxy) is 1. The van der Waals surface area contributed by atoms with E-state index in [0.29, 0.717) is 24.2 Å². The van der Waals surface area contributed by atoms with Gasteiger partial charge in [0.2, 0.25) is 0 Å². The summed E-state index contributed by atoms with van der Waals surface area (Å²) in [6, 6.07) is 20.7. The molecule has 0 aliphatic carbocycles. The van der Waals surface area contributed by atoms with E-state index in [4.69, 9.17) is 4.74 Å². The normalized spacial score (nSPS) is 12.4. The van der Waals surface area contributed by atoms with Crippen molar-refractivity contribution in [3.63, 3.8) is 0 Å². The van der Waals surface area contributed by atoms with Crippen LogP contribution in [0.25, 0.3) is 0 Å². The van der Waals surface area contributed by atoms with E-state index in [1.54, 1.807) is 31.4 Å². The first-order valence-corrected chi connectivity index (χ1v) is 9.98. The van der Waals surface area contributed by atoms with Gasteiger partial charge in [0.25, 0.3) is 11.8 Å². The highest BCUT2D eigenvalue weighted by Crippen LogP contribution is 2.30. The summed E-state index contributed by atoms with van der Waals surface area (Å²) in [5.41, 5.74) is 5.52. The van der Waals surface area contributed by atoms with E-state index in [-0.39, 0.29) is 11.8 Å². The summed E-state index contributed by atoms with van der Waals surface area (Å²) in [5.74, 6) is 0.610. The number of aryl methyl sites for hydroxylation is 1. The number of rotatable bonds is 5. The molecule has 1 N–H and O–H groups in total. The third-order valence-electron chi connectivity index (χ3n) is 5.39. The molecule has 1 heterocycles. The summed E-state index contributed by atoms with van der Waals surface area (Å²) in [5, 5.41) is 2.95. The summed E-state index contributed by atoms with van der Waals surface area (Å²) in [6.07, 6.45) is 0.813. The smallest absolute Gasteiger partial charge is 0.258 e. The van der Waals surface area contributed by atoms with E-state index >= 15 is 0 Å². The zero-order valence-corrected chi connectivity index (χ0v) is 17.1. The van der Waals surface area contributed by atoms with Crippen molar-refractivity contribution in [2.24, 2.45) is 0 Å². The summed E-state index contributed by atoms with van der Waals surface area (Å²) in [7, 11) is 1.60. The lowest BCUT2D eigenvalue weighted by atomic mass is 10.1. The molecule has 5 heteroatoms. The third-order valence-corrected chi connectivity index (χ3v) is 5.39. The van der Waals surface area contributed by atoms with Gasteiger partial charge in [-0.1, -0.05) is 29.8 Å². The van der Waals surface area contributed by atoms with Crippen LogP contribution in [-0.4, -0.2) is 25.5 Å². The lowest BCUT2D eigenvalue weighted by Crippen LogP contribution is -2.28. The fourth-order valence-electron chi connectivity index (χ4n) is 3.65. The highest BCUT2D eigenvalue weighted by Gasteiger charge is 2.25. The Labute approximate surface area is 176 Å². The molecule has 5 nitrogen and oxygen atoms in total. The lowest BCUT2D eigenvalue weighted by molar-refractivity contribution is 0.0949. The van der Waals surface area contributed by atoms with Gasteiger partial charge in [0, 0.05) is 29.9 Å². The molecule has 30 heavy (non-hydrogen) atoms. The maximum absolute atomic E-state index is 12.9. The Balaban J connectivity index is 1.42. The minimum Gasteiger partial charge on any atom is -0.497 e. The Bertz CT molecular complexity index is 1070. The summed E-state index contributed by atoms with van der Waals surface area (Å²) >= 11 is 0. The van der Waals surface area contributed by atoms with Crippen LogP contribution in [0.3, 0.4) is 0 Å². The number of carbonyl (C=O) groups excluding carboxylic acids is 2. The summed E-state index contributed by atoms with van der Waals surface area (Å²) in [6.45, 7) is 3.11. The van der Waals surface area contributed by atoms with Crippen LogP contribution in [0.2, 0.25) is 0 Å². The zero-order valence-electron chi connectivity index (χ0n) is 17.1. The molecule has 4 rings (SSSR count). The molecule has 1 aliphatic rings. The van der Waals surface area contributed by atoms with Crippen LogP contribution < -0.4 is 15.0 Å². The van der Waals surface area contributed by atoms with E-state index in [1.807, 2.05) is 48.2 Å². The number of nitrogens with one attached hydrogen (secondary N) is 1. The van der Waals surface area contributed by atoms with Gasteiger partial charge in [0.15, 0.2) is 0 Å². The predicted molar refractivity (Wildman–Crippen MR) is 117 cm³/mol. The molecule has 0 bridgehead atoms. The fraction of sp³-hybridized carbons (Fsp3) is 0.200. The van der Waals surface area contributed by atoms with Gasteiger partial charge in [0.05, 0.1) is 7.11 Å². The number of benzene rings is 3. The van der Waals surface area contributed by atoms with E-state index in [2.05, 4.69) is 11.4 Å². The molecular formula is C25H24N2O3. The van der Waals surface area contributed by atoms with Crippen LogP contribution >= 0.6 is 0 Å². The van der Waals surface area contributed by atoms with Gasteiger partial charge in [0.1, 0.15) is 5.75 Å². The molecule has 3 aromatic carbocycles. The van der Waals surface area contributed by atoms with Crippen molar-refractivity contribution in [2.45, 2.75) is 19.9 Å². The summed E-state index contributed by atoms with van der Waals surface area (Å²) < 4.78 is 5.12. The molecule has 0 unspecified atom stereocenters. The van der Waals surface area contributed by atoms with Crippen molar-refractivity contribution >= 4 is 17.5 Å². The standard InChI is InChI=1S/C25H24N2O3/c1-17-3-6-20(7-4-17)25(29)27-14-13-21-15-18(5-12-23(21)27)16-26-24(28)19-8-10-22(30-2)11-9-19/h3-12,15H,13-14,16H2,1-2H3,(H,26,28). The fourth-order valence-corrected chi connectivity index (χ4v) is 3.65. The van der Waals surface area contributed by atoms with Crippen LogP contribution in [0.4, 0.5) is 5.69 Å². The second-order valence-corrected chi connectivity index (χ2v) is 7.45. The maximum atomic E-state index is 12.9. The molecule has 0 spiro atoms. The lowest BCUT2D eigenvalue weighted by Gasteiger charge is -2.18. The van der Waals surface area contributed by atoms with Gasteiger partial charge < -0.3 is 15.0 Å². The molecular weight excluding hydrogens is 376 g/mol. The molecule has 1 aliphatic heterocycles. The molecule has 0 saturated heterocycles. The number of hydrogen-bond acceptors (Lipinski definition) is 3. The largest absolute Gasteiger partial charge is 0.497 e. The Morgan fingerprint density at radius 3 is 2.37 bits per heavy atom. The zero-order chi connectivity index (χ0) is 21.1. The number of methoxy groups -OCH3 is 1. The topological polar surface area (TPSA) is 58.6 Å². The molecule has 3 aromatic rings. The average molecular weight is 400 g/mol. The molecule has 0 atom stereocenters. The van der Waals surface area contributed by atoms with Crippen molar-refractivity contribution in [1.29, 1.82) is 0 Å². The predicted octanol–water partition coefficient (Wildman–Crippen LogP) is 4.14. The quantitative estimate of drug-likeness (QED) is 0.700. The third kappa shape index (κ3) is 4.06. The van der Waals surface area contributed by atoms with Gasteiger partial charge in [-0.05, 0) is 66.9 Å². The highest BCUT2D eigenvalue weighted by atomic mass is 16.5. The van der Waals surface area contributed by atoms with Gasteiger partial charge in [-0.2, -0.15) is 0 Å². The van der Waals surface area contributed by atoms with Gasteiger partial charge in [-0.3, -0.25) is 9.59 Å². The van der Waals surface area contributed by atoms with Gasteiger partial charge >= 0.3 is 0 Å². The Kier molecular flexibility index (Phi) is 5.53.